The van der Waals surface area contributed by atoms with E-state index in [0.717, 1.165) is 21.7 Å². The first-order chi connectivity index (χ1) is 11.7. The van der Waals surface area contributed by atoms with Crippen molar-refractivity contribution in [2.75, 3.05) is 29.5 Å². The maximum atomic E-state index is 12.4. The highest BCUT2D eigenvalue weighted by Crippen LogP contribution is 2.26. The van der Waals surface area contributed by atoms with Gasteiger partial charge in [0.15, 0.2) is 0 Å². The van der Waals surface area contributed by atoms with Crippen LogP contribution in [0.15, 0.2) is 42.5 Å². The van der Waals surface area contributed by atoms with Gasteiger partial charge in [0.25, 0.3) is 0 Å². The molecule has 7 heteroatoms. The van der Waals surface area contributed by atoms with Crippen LogP contribution in [-0.2, 0) is 14.8 Å². The van der Waals surface area contributed by atoms with Crippen LogP contribution >= 0.6 is 0 Å². The average Bonchev–Trinajstić information content (AvgIpc) is 2.55. The quantitative estimate of drug-likeness (QED) is 0.857. The Labute approximate surface area is 148 Å². The van der Waals surface area contributed by atoms with Gasteiger partial charge in [-0.25, -0.2) is 8.42 Å². The topological polar surface area (TPSA) is 75.7 Å². The van der Waals surface area contributed by atoms with Crippen LogP contribution in [0.1, 0.15) is 11.1 Å². The summed E-state index contributed by atoms with van der Waals surface area (Å²) in [6.45, 7) is 3.41. The van der Waals surface area contributed by atoms with E-state index >= 15 is 0 Å². The molecule has 134 valence electrons. The number of rotatable bonds is 6. The van der Waals surface area contributed by atoms with Crippen molar-refractivity contribution in [2.45, 2.75) is 13.8 Å². The van der Waals surface area contributed by atoms with Crippen molar-refractivity contribution < 1.29 is 17.9 Å². The second-order valence-electron chi connectivity index (χ2n) is 5.74. The summed E-state index contributed by atoms with van der Waals surface area (Å²) in [5, 5.41) is 2.70. The number of nitrogens with one attached hydrogen (secondary N) is 1. The summed E-state index contributed by atoms with van der Waals surface area (Å²) in [5.74, 6) is 0.0596. The third-order valence-corrected chi connectivity index (χ3v) is 5.04. The molecule has 2 aromatic rings. The summed E-state index contributed by atoms with van der Waals surface area (Å²) in [6, 6.07) is 12.3. The fourth-order valence-corrected chi connectivity index (χ4v) is 3.36. The van der Waals surface area contributed by atoms with E-state index in [-0.39, 0.29) is 6.54 Å². The first-order valence-corrected chi connectivity index (χ1v) is 9.55. The molecule has 6 nitrogen and oxygen atoms in total. The van der Waals surface area contributed by atoms with E-state index in [1.165, 1.54) is 7.11 Å². The second kappa shape index (κ2) is 7.57. The van der Waals surface area contributed by atoms with Gasteiger partial charge < -0.3 is 10.1 Å². The molecule has 0 saturated heterocycles. The Morgan fingerprint density at radius 1 is 1.12 bits per heavy atom. The van der Waals surface area contributed by atoms with Crippen LogP contribution in [0.4, 0.5) is 11.4 Å². The number of anilines is 2. The van der Waals surface area contributed by atoms with Crippen LogP contribution in [-0.4, -0.2) is 34.2 Å². The first kappa shape index (κ1) is 18.8. The molecule has 25 heavy (non-hydrogen) atoms. The lowest BCUT2D eigenvalue weighted by molar-refractivity contribution is -0.114. The summed E-state index contributed by atoms with van der Waals surface area (Å²) >= 11 is 0. The number of nitrogens with zero attached hydrogens (tertiary/aromatic N) is 1. The van der Waals surface area contributed by atoms with Crippen molar-refractivity contribution in [1.29, 1.82) is 0 Å². The Morgan fingerprint density at radius 2 is 1.80 bits per heavy atom. The molecule has 0 atom stereocenters. The number of carbonyl (C=O) groups excluding carboxylic acids is 1. The van der Waals surface area contributed by atoms with Crippen LogP contribution in [0.5, 0.6) is 5.75 Å². The molecular formula is C18H22N2O4S. The number of hydrogen-bond acceptors (Lipinski definition) is 4. The highest BCUT2D eigenvalue weighted by molar-refractivity contribution is 7.92. The molecule has 1 N–H and O–H groups in total. The van der Waals surface area contributed by atoms with Crippen molar-refractivity contribution in [2.24, 2.45) is 0 Å². The molecule has 0 aromatic heterocycles. The molecule has 0 heterocycles. The Bertz CT molecular complexity index is 878. The van der Waals surface area contributed by atoms with E-state index in [9.17, 15) is 13.2 Å². The zero-order chi connectivity index (χ0) is 18.6. The lowest BCUT2D eigenvalue weighted by Gasteiger charge is -2.24. The number of amides is 1. The van der Waals surface area contributed by atoms with Gasteiger partial charge in [-0.2, -0.15) is 0 Å². The Balaban J connectivity index is 2.29. The van der Waals surface area contributed by atoms with Gasteiger partial charge in [0.05, 0.1) is 24.7 Å². The van der Waals surface area contributed by atoms with Gasteiger partial charge in [-0.05, 0) is 43.2 Å². The molecule has 0 aliphatic heterocycles. The summed E-state index contributed by atoms with van der Waals surface area (Å²) < 4.78 is 30.8. The zero-order valence-electron chi connectivity index (χ0n) is 14.7. The minimum atomic E-state index is -3.62. The van der Waals surface area contributed by atoms with E-state index in [1.807, 2.05) is 19.9 Å². The summed E-state index contributed by atoms with van der Waals surface area (Å²) in [6.07, 6.45) is 1.09. The molecule has 2 aromatic carbocycles. The van der Waals surface area contributed by atoms with Crippen LogP contribution in [0.3, 0.4) is 0 Å². The summed E-state index contributed by atoms with van der Waals surface area (Å²) in [5.41, 5.74) is 2.76. The molecule has 0 saturated carbocycles. The van der Waals surface area contributed by atoms with E-state index in [1.54, 1.807) is 36.4 Å². The molecule has 0 spiro atoms. The van der Waals surface area contributed by atoms with Crippen LogP contribution in [0, 0.1) is 13.8 Å². The maximum absolute atomic E-state index is 12.4. The molecular weight excluding hydrogens is 340 g/mol. The first-order valence-electron chi connectivity index (χ1n) is 7.71. The number of para-hydroxylation sites is 2. The smallest absolute Gasteiger partial charge is 0.245 e. The van der Waals surface area contributed by atoms with Gasteiger partial charge in [-0.15, -0.1) is 0 Å². The minimum absolute atomic E-state index is 0.318. The highest BCUT2D eigenvalue weighted by atomic mass is 32.2. The van der Waals surface area contributed by atoms with Gasteiger partial charge in [0.2, 0.25) is 15.9 Å². The van der Waals surface area contributed by atoms with Crippen LogP contribution in [0.25, 0.3) is 0 Å². The minimum Gasteiger partial charge on any atom is -0.495 e. The molecule has 0 radical (unpaired) electrons. The molecule has 0 aliphatic rings. The number of carbonyl (C=O) groups is 1. The monoisotopic (exact) mass is 362 g/mol. The Hall–Kier alpha value is -2.54. The van der Waals surface area contributed by atoms with Crippen molar-refractivity contribution in [3.63, 3.8) is 0 Å². The lowest BCUT2D eigenvalue weighted by Crippen LogP contribution is -2.38. The standard InChI is InChI=1S/C18H22N2O4S/c1-13-8-7-10-16(14(13)2)20(25(4,22)23)12-18(21)19-15-9-5-6-11-17(15)24-3/h5-11H,12H2,1-4H3,(H,19,21). The molecule has 0 unspecified atom stereocenters. The number of methoxy groups -OCH3 is 1. The molecule has 2 rings (SSSR count). The highest BCUT2D eigenvalue weighted by Gasteiger charge is 2.23. The van der Waals surface area contributed by atoms with Crippen molar-refractivity contribution >= 4 is 27.3 Å². The predicted octanol–water partition coefficient (Wildman–Crippen LogP) is 2.72. The van der Waals surface area contributed by atoms with E-state index < -0.39 is 15.9 Å². The Morgan fingerprint density at radius 3 is 2.44 bits per heavy atom. The molecule has 0 bridgehead atoms. The number of hydrogen-bond donors (Lipinski definition) is 1. The van der Waals surface area contributed by atoms with Crippen molar-refractivity contribution in [3.8, 4) is 5.75 Å². The SMILES string of the molecule is COc1ccccc1NC(=O)CN(c1cccc(C)c1C)S(C)(=O)=O. The lowest BCUT2D eigenvalue weighted by atomic mass is 10.1. The average molecular weight is 362 g/mol. The van der Waals surface area contributed by atoms with E-state index in [4.69, 9.17) is 4.74 Å². The molecule has 1 amide bonds. The third kappa shape index (κ3) is 4.51. The fraction of sp³-hybridized carbons (Fsp3) is 0.278. The van der Waals surface area contributed by atoms with Gasteiger partial charge in [0, 0.05) is 0 Å². The van der Waals surface area contributed by atoms with Crippen LogP contribution in [0.2, 0.25) is 0 Å². The number of aryl methyl sites for hydroxylation is 1. The molecule has 0 aliphatic carbocycles. The number of benzene rings is 2. The third-order valence-electron chi connectivity index (χ3n) is 3.91. The predicted molar refractivity (Wildman–Crippen MR) is 99.7 cm³/mol. The normalized spacial score (nSPS) is 11.0. The summed E-state index contributed by atoms with van der Waals surface area (Å²) in [4.78, 5) is 12.4. The van der Waals surface area contributed by atoms with Crippen molar-refractivity contribution in [3.05, 3.63) is 53.6 Å². The fourth-order valence-electron chi connectivity index (χ4n) is 2.45. The van der Waals surface area contributed by atoms with Gasteiger partial charge in [-0.1, -0.05) is 24.3 Å². The second-order valence-corrected chi connectivity index (χ2v) is 7.64. The van der Waals surface area contributed by atoms with Crippen molar-refractivity contribution in [1.82, 2.24) is 0 Å². The largest absolute Gasteiger partial charge is 0.495 e. The van der Waals surface area contributed by atoms with Gasteiger partial charge in [-0.3, -0.25) is 9.10 Å². The maximum Gasteiger partial charge on any atom is 0.245 e. The zero-order valence-corrected chi connectivity index (χ0v) is 15.6. The van der Waals surface area contributed by atoms with E-state index in [0.29, 0.717) is 17.1 Å². The van der Waals surface area contributed by atoms with Gasteiger partial charge >= 0.3 is 0 Å². The Kier molecular flexibility index (Phi) is 5.69. The summed E-state index contributed by atoms with van der Waals surface area (Å²) in [7, 11) is -2.12. The van der Waals surface area contributed by atoms with E-state index in [2.05, 4.69) is 5.32 Å². The number of sulfonamides is 1. The molecule has 0 fully saturated rings. The number of ether oxygens (including phenoxy) is 1. The van der Waals surface area contributed by atoms with Gasteiger partial charge in [0.1, 0.15) is 12.3 Å². The van der Waals surface area contributed by atoms with Crippen LogP contribution < -0.4 is 14.4 Å².